The molecule has 7 nitrogen and oxygen atoms in total. The minimum absolute atomic E-state index is 0.146. The Morgan fingerprint density at radius 1 is 1.35 bits per heavy atom. The number of hydrogen-bond donors (Lipinski definition) is 1. The summed E-state index contributed by atoms with van der Waals surface area (Å²) in [5.41, 5.74) is 0.123. The Labute approximate surface area is 118 Å². The molecular formula is C12H18N4O3S. The molecule has 0 aromatic carbocycles. The summed E-state index contributed by atoms with van der Waals surface area (Å²) in [6.07, 6.45) is 1.48. The van der Waals surface area contributed by atoms with E-state index < -0.39 is 10.0 Å². The third kappa shape index (κ3) is 2.84. The average Bonchev–Trinajstić information content (AvgIpc) is 2.84. The number of nitrogens with one attached hydrogen (secondary N) is 1. The third-order valence-corrected chi connectivity index (χ3v) is 4.02. The molecule has 2 aromatic rings. The second kappa shape index (κ2) is 4.62. The molecular weight excluding hydrogens is 280 g/mol. The summed E-state index contributed by atoms with van der Waals surface area (Å²) in [5.74, 6) is 0.691. The topological polar surface area (TPSA) is 90.0 Å². The van der Waals surface area contributed by atoms with Crippen LogP contribution in [0.3, 0.4) is 0 Å². The standard InChI is InChI=1S/C12H18N4O3S/c1-8-6-10(14-19-8)15-20(17,18)9-7-16(5)13-11(9)12(2,3)4/h6-7H,1-5H3,(H,14,15). The molecule has 0 unspecified atom stereocenters. The average molecular weight is 298 g/mol. The molecule has 2 heterocycles. The Balaban J connectivity index is 2.44. The molecule has 0 saturated carbocycles. The van der Waals surface area contributed by atoms with E-state index in [1.165, 1.54) is 16.9 Å². The molecule has 8 heteroatoms. The van der Waals surface area contributed by atoms with Crippen molar-refractivity contribution in [2.75, 3.05) is 4.72 Å². The number of nitrogens with zero attached hydrogens (tertiary/aromatic N) is 3. The molecule has 0 bridgehead atoms. The molecule has 1 N–H and O–H groups in total. The quantitative estimate of drug-likeness (QED) is 0.933. The van der Waals surface area contributed by atoms with Gasteiger partial charge in [0, 0.05) is 24.7 Å². The summed E-state index contributed by atoms with van der Waals surface area (Å²) in [6.45, 7) is 7.42. The number of sulfonamides is 1. The van der Waals surface area contributed by atoms with E-state index in [1.807, 2.05) is 20.8 Å². The van der Waals surface area contributed by atoms with Gasteiger partial charge < -0.3 is 4.52 Å². The third-order valence-electron chi connectivity index (χ3n) is 2.66. The van der Waals surface area contributed by atoms with Gasteiger partial charge in [-0.2, -0.15) is 5.10 Å². The molecule has 110 valence electrons. The molecule has 0 amide bonds. The van der Waals surface area contributed by atoms with Crippen molar-refractivity contribution >= 4 is 15.8 Å². The number of rotatable bonds is 3. The van der Waals surface area contributed by atoms with Gasteiger partial charge in [0.05, 0.1) is 5.69 Å². The Bertz CT molecular complexity index is 722. The minimum atomic E-state index is -3.75. The van der Waals surface area contributed by atoms with Crippen molar-refractivity contribution in [1.82, 2.24) is 14.9 Å². The van der Waals surface area contributed by atoms with E-state index in [-0.39, 0.29) is 16.1 Å². The van der Waals surface area contributed by atoms with Gasteiger partial charge in [0.2, 0.25) is 0 Å². The molecule has 0 spiro atoms. The van der Waals surface area contributed by atoms with E-state index in [1.54, 1.807) is 14.0 Å². The summed E-state index contributed by atoms with van der Waals surface area (Å²) < 4.78 is 33.6. The fourth-order valence-electron chi connectivity index (χ4n) is 1.79. The van der Waals surface area contributed by atoms with Crippen molar-refractivity contribution in [3.8, 4) is 0 Å². The fourth-order valence-corrected chi connectivity index (χ4v) is 3.16. The van der Waals surface area contributed by atoms with Crippen LogP contribution in [0.1, 0.15) is 32.2 Å². The number of aromatic nitrogens is 3. The van der Waals surface area contributed by atoms with Crippen molar-refractivity contribution < 1.29 is 12.9 Å². The fraction of sp³-hybridized carbons (Fsp3) is 0.500. The predicted molar refractivity (Wildman–Crippen MR) is 74.0 cm³/mol. The molecule has 2 aromatic heterocycles. The Kier molecular flexibility index (Phi) is 3.37. The van der Waals surface area contributed by atoms with Crippen molar-refractivity contribution in [3.05, 3.63) is 23.7 Å². The largest absolute Gasteiger partial charge is 0.360 e. The van der Waals surface area contributed by atoms with Gasteiger partial charge in [-0.25, -0.2) is 8.42 Å². The highest BCUT2D eigenvalue weighted by Crippen LogP contribution is 2.28. The predicted octanol–water partition coefficient (Wildman–Crippen LogP) is 1.81. The van der Waals surface area contributed by atoms with Gasteiger partial charge in [-0.3, -0.25) is 9.40 Å². The molecule has 0 saturated heterocycles. The smallest absolute Gasteiger partial charge is 0.266 e. The van der Waals surface area contributed by atoms with E-state index in [2.05, 4.69) is 15.0 Å². The lowest BCUT2D eigenvalue weighted by molar-refractivity contribution is 0.400. The van der Waals surface area contributed by atoms with Gasteiger partial charge >= 0.3 is 0 Å². The lowest BCUT2D eigenvalue weighted by atomic mass is 9.92. The molecule has 2 rings (SSSR count). The van der Waals surface area contributed by atoms with Crippen LogP contribution >= 0.6 is 0 Å². The SMILES string of the molecule is Cc1cc(NS(=O)(=O)c2cn(C)nc2C(C)(C)C)no1. The molecule has 0 fully saturated rings. The summed E-state index contributed by atoms with van der Waals surface area (Å²) in [5, 5.41) is 7.88. The van der Waals surface area contributed by atoms with Crippen LogP contribution < -0.4 is 4.72 Å². The molecule has 20 heavy (non-hydrogen) atoms. The van der Waals surface area contributed by atoms with Crippen LogP contribution in [-0.4, -0.2) is 23.4 Å². The van der Waals surface area contributed by atoms with E-state index >= 15 is 0 Å². The Morgan fingerprint density at radius 2 is 2.00 bits per heavy atom. The zero-order valence-corrected chi connectivity index (χ0v) is 12.9. The van der Waals surface area contributed by atoms with Crippen molar-refractivity contribution in [2.45, 2.75) is 38.0 Å². The highest BCUT2D eigenvalue weighted by Gasteiger charge is 2.30. The first-order chi connectivity index (χ1) is 9.09. The molecule has 0 aliphatic heterocycles. The van der Waals surface area contributed by atoms with Gasteiger partial charge in [0.1, 0.15) is 10.7 Å². The number of anilines is 1. The first-order valence-corrected chi connectivity index (χ1v) is 7.58. The zero-order chi connectivity index (χ0) is 15.1. The number of aryl methyl sites for hydroxylation is 2. The van der Waals surface area contributed by atoms with Crippen molar-refractivity contribution in [1.29, 1.82) is 0 Å². The van der Waals surface area contributed by atoms with Crippen LogP contribution in [0.5, 0.6) is 0 Å². The minimum Gasteiger partial charge on any atom is -0.360 e. The van der Waals surface area contributed by atoms with E-state index in [0.717, 1.165) is 0 Å². The Morgan fingerprint density at radius 3 is 2.50 bits per heavy atom. The maximum atomic E-state index is 12.4. The second-order valence-electron chi connectivity index (χ2n) is 5.69. The van der Waals surface area contributed by atoms with Gasteiger partial charge in [-0.15, -0.1) is 0 Å². The van der Waals surface area contributed by atoms with Gasteiger partial charge in [-0.1, -0.05) is 25.9 Å². The first-order valence-electron chi connectivity index (χ1n) is 6.10. The lowest BCUT2D eigenvalue weighted by Gasteiger charge is -2.17. The van der Waals surface area contributed by atoms with Crippen LogP contribution in [-0.2, 0) is 22.5 Å². The summed E-state index contributed by atoms with van der Waals surface area (Å²) >= 11 is 0. The highest BCUT2D eigenvalue weighted by atomic mass is 32.2. The summed E-state index contributed by atoms with van der Waals surface area (Å²) in [7, 11) is -2.06. The highest BCUT2D eigenvalue weighted by molar-refractivity contribution is 7.92. The van der Waals surface area contributed by atoms with Crippen LogP contribution in [0.15, 0.2) is 21.7 Å². The van der Waals surface area contributed by atoms with Crippen molar-refractivity contribution in [2.24, 2.45) is 7.05 Å². The Hall–Kier alpha value is -1.83. The maximum Gasteiger partial charge on any atom is 0.266 e. The monoisotopic (exact) mass is 298 g/mol. The van der Waals surface area contributed by atoms with E-state index in [4.69, 9.17) is 4.52 Å². The van der Waals surface area contributed by atoms with Gasteiger partial charge in [0.25, 0.3) is 10.0 Å². The molecule has 0 aliphatic carbocycles. The van der Waals surface area contributed by atoms with Crippen LogP contribution in [0.4, 0.5) is 5.82 Å². The lowest BCUT2D eigenvalue weighted by Crippen LogP contribution is -2.20. The molecule has 0 aliphatic rings. The normalized spacial score (nSPS) is 12.7. The second-order valence-corrected chi connectivity index (χ2v) is 7.34. The van der Waals surface area contributed by atoms with Gasteiger partial charge in [0.15, 0.2) is 5.82 Å². The van der Waals surface area contributed by atoms with Crippen LogP contribution in [0.2, 0.25) is 0 Å². The van der Waals surface area contributed by atoms with E-state index in [0.29, 0.717) is 11.5 Å². The van der Waals surface area contributed by atoms with Crippen LogP contribution in [0.25, 0.3) is 0 Å². The van der Waals surface area contributed by atoms with Gasteiger partial charge in [-0.05, 0) is 6.92 Å². The van der Waals surface area contributed by atoms with Crippen LogP contribution in [0, 0.1) is 6.92 Å². The summed E-state index contributed by atoms with van der Waals surface area (Å²) in [4.78, 5) is 0.146. The zero-order valence-electron chi connectivity index (χ0n) is 12.1. The molecule has 0 atom stereocenters. The van der Waals surface area contributed by atoms with Crippen molar-refractivity contribution in [3.63, 3.8) is 0 Å². The number of hydrogen-bond acceptors (Lipinski definition) is 5. The molecule has 0 radical (unpaired) electrons. The van der Waals surface area contributed by atoms with E-state index in [9.17, 15) is 8.42 Å². The first kappa shape index (κ1) is 14.6. The summed E-state index contributed by atoms with van der Waals surface area (Å²) in [6, 6.07) is 1.52. The maximum absolute atomic E-state index is 12.4.